The first kappa shape index (κ1) is 12.3. The second kappa shape index (κ2) is 4.81. The van der Waals surface area contributed by atoms with Crippen molar-refractivity contribution in [3.8, 4) is 5.75 Å². The van der Waals surface area contributed by atoms with Gasteiger partial charge in [-0.1, -0.05) is 18.2 Å². The van der Waals surface area contributed by atoms with Crippen molar-refractivity contribution >= 4 is 6.08 Å². The van der Waals surface area contributed by atoms with Gasteiger partial charge in [0.1, 0.15) is 5.75 Å². The van der Waals surface area contributed by atoms with Gasteiger partial charge in [-0.15, -0.1) is 13.2 Å². The molecule has 0 amide bonds. The Bertz CT molecular complexity index is 411. The number of nitrogens with zero attached hydrogens (tertiary/aromatic N) is 1. The minimum absolute atomic E-state index is 0.183. The van der Waals surface area contributed by atoms with Crippen LogP contribution in [-0.2, 0) is 4.79 Å². The lowest BCUT2D eigenvalue weighted by Gasteiger charge is -2.14. The summed E-state index contributed by atoms with van der Waals surface area (Å²) in [6.07, 6.45) is -3.47. The first-order valence-electron chi connectivity index (χ1n) is 4.35. The average Bonchev–Trinajstić information content (AvgIpc) is 2.16. The molecule has 0 aliphatic carbocycles. The monoisotopic (exact) mass is 231 g/mol. The fourth-order valence-corrected chi connectivity index (χ4v) is 1.19. The van der Waals surface area contributed by atoms with Gasteiger partial charge in [0.2, 0.25) is 6.08 Å². The molecule has 0 bridgehead atoms. The van der Waals surface area contributed by atoms with E-state index in [2.05, 4.69) is 9.73 Å². The Labute approximate surface area is 89.6 Å². The summed E-state index contributed by atoms with van der Waals surface area (Å²) in [6, 6.07) is 4.79. The van der Waals surface area contributed by atoms with E-state index in [0.717, 1.165) is 0 Å². The number of benzene rings is 1. The van der Waals surface area contributed by atoms with Crippen molar-refractivity contribution in [2.75, 3.05) is 0 Å². The van der Waals surface area contributed by atoms with E-state index in [1.54, 1.807) is 0 Å². The molecule has 0 aliphatic rings. The Morgan fingerprint density at radius 2 is 2.00 bits per heavy atom. The van der Waals surface area contributed by atoms with Crippen molar-refractivity contribution in [1.82, 2.24) is 0 Å². The molecule has 1 unspecified atom stereocenters. The second-order valence-corrected chi connectivity index (χ2v) is 2.98. The van der Waals surface area contributed by atoms with Crippen LogP contribution in [0.15, 0.2) is 29.3 Å². The molecule has 0 fully saturated rings. The van der Waals surface area contributed by atoms with Crippen molar-refractivity contribution in [3.63, 3.8) is 0 Å². The highest BCUT2D eigenvalue weighted by atomic mass is 19.4. The largest absolute Gasteiger partial charge is 0.573 e. The zero-order valence-electron chi connectivity index (χ0n) is 8.28. The smallest absolute Gasteiger partial charge is 0.405 e. The van der Waals surface area contributed by atoms with E-state index in [4.69, 9.17) is 0 Å². The fourth-order valence-electron chi connectivity index (χ4n) is 1.19. The predicted molar refractivity (Wildman–Crippen MR) is 49.7 cm³/mol. The normalized spacial score (nSPS) is 12.8. The minimum atomic E-state index is -4.76. The van der Waals surface area contributed by atoms with E-state index in [0.29, 0.717) is 0 Å². The van der Waals surface area contributed by atoms with Gasteiger partial charge in [-0.3, -0.25) is 0 Å². The molecule has 1 atom stereocenters. The number of halogens is 3. The van der Waals surface area contributed by atoms with Crippen molar-refractivity contribution in [3.05, 3.63) is 29.8 Å². The molecule has 0 N–H and O–H groups in total. The van der Waals surface area contributed by atoms with Crippen LogP contribution in [0.1, 0.15) is 18.5 Å². The molecule has 6 heteroatoms. The van der Waals surface area contributed by atoms with E-state index < -0.39 is 12.4 Å². The van der Waals surface area contributed by atoms with Crippen LogP contribution in [0.5, 0.6) is 5.75 Å². The summed E-state index contributed by atoms with van der Waals surface area (Å²) in [6.45, 7) is 1.48. The second-order valence-electron chi connectivity index (χ2n) is 2.98. The van der Waals surface area contributed by atoms with Crippen molar-refractivity contribution in [1.29, 1.82) is 0 Å². The number of hydrogen-bond donors (Lipinski definition) is 0. The van der Waals surface area contributed by atoms with Crippen LogP contribution in [0.25, 0.3) is 0 Å². The molecule has 86 valence electrons. The third-order valence-corrected chi connectivity index (χ3v) is 1.84. The number of para-hydroxylation sites is 1. The van der Waals surface area contributed by atoms with Gasteiger partial charge in [0, 0.05) is 5.56 Å². The zero-order chi connectivity index (χ0) is 12.2. The standard InChI is InChI=1S/C10H8F3NO2/c1-7(14-6-15)8-4-2-3-5-9(8)16-10(11,12)13/h2-5,7H,1H3. The Balaban J connectivity index is 3.05. The number of hydrogen-bond acceptors (Lipinski definition) is 3. The van der Waals surface area contributed by atoms with Crippen LogP contribution >= 0.6 is 0 Å². The van der Waals surface area contributed by atoms with Gasteiger partial charge in [-0.05, 0) is 13.0 Å². The molecular formula is C10H8F3NO2. The van der Waals surface area contributed by atoms with E-state index in [1.807, 2.05) is 0 Å². The van der Waals surface area contributed by atoms with Gasteiger partial charge in [-0.25, -0.2) is 4.79 Å². The maximum Gasteiger partial charge on any atom is 0.573 e. The lowest BCUT2D eigenvalue weighted by Crippen LogP contribution is -2.18. The summed E-state index contributed by atoms with van der Waals surface area (Å²) in [5.41, 5.74) is 0.183. The van der Waals surface area contributed by atoms with Gasteiger partial charge in [0.25, 0.3) is 0 Å². The van der Waals surface area contributed by atoms with Crippen LogP contribution in [0.3, 0.4) is 0 Å². The zero-order valence-corrected chi connectivity index (χ0v) is 8.28. The molecule has 0 heterocycles. The molecule has 0 aromatic heterocycles. The first-order chi connectivity index (χ1) is 7.44. The van der Waals surface area contributed by atoms with Crippen molar-refractivity contribution in [2.24, 2.45) is 4.99 Å². The molecule has 0 saturated carbocycles. The maximum atomic E-state index is 12.0. The molecule has 0 aliphatic heterocycles. The molecule has 0 radical (unpaired) electrons. The van der Waals surface area contributed by atoms with E-state index in [-0.39, 0.29) is 11.3 Å². The first-order valence-corrected chi connectivity index (χ1v) is 4.35. The van der Waals surface area contributed by atoms with Crippen molar-refractivity contribution < 1.29 is 22.7 Å². The lowest BCUT2D eigenvalue weighted by molar-refractivity contribution is -0.274. The van der Waals surface area contributed by atoms with Gasteiger partial charge in [0.15, 0.2) is 0 Å². The van der Waals surface area contributed by atoms with Gasteiger partial charge in [0.05, 0.1) is 6.04 Å². The highest BCUT2D eigenvalue weighted by Crippen LogP contribution is 2.31. The summed E-state index contributed by atoms with van der Waals surface area (Å²) >= 11 is 0. The quantitative estimate of drug-likeness (QED) is 0.592. The Morgan fingerprint density at radius 3 is 2.56 bits per heavy atom. The van der Waals surface area contributed by atoms with Crippen LogP contribution < -0.4 is 4.74 Å². The third-order valence-electron chi connectivity index (χ3n) is 1.84. The van der Waals surface area contributed by atoms with Crippen LogP contribution in [0, 0.1) is 0 Å². The number of ether oxygens (including phenoxy) is 1. The Hall–Kier alpha value is -1.81. The fraction of sp³-hybridized carbons (Fsp3) is 0.300. The highest BCUT2D eigenvalue weighted by Gasteiger charge is 2.32. The van der Waals surface area contributed by atoms with Crippen molar-refractivity contribution in [2.45, 2.75) is 19.3 Å². The third kappa shape index (κ3) is 3.40. The van der Waals surface area contributed by atoms with E-state index in [1.165, 1.54) is 37.3 Å². The molecule has 16 heavy (non-hydrogen) atoms. The minimum Gasteiger partial charge on any atom is -0.405 e. The predicted octanol–water partition coefficient (Wildman–Crippen LogP) is 2.98. The van der Waals surface area contributed by atoms with Crippen LogP contribution in [-0.4, -0.2) is 12.4 Å². The molecule has 1 aromatic rings. The Morgan fingerprint density at radius 1 is 1.38 bits per heavy atom. The number of carbonyl (C=O) groups excluding carboxylic acids is 1. The summed E-state index contributed by atoms with van der Waals surface area (Å²) < 4.78 is 39.9. The van der Waals surface area contributed by atoms with E-state index >= 15 is 0 Å². The summed E-state index contributed by atoms with van der Waals surface area (Å²) in [5.74, 6) is -0.360. The topological polar surface area (TPSA) is 38.7 Å². The molecule has 3 nitrogen and oxygen atoms in total. The number of alkyl halides is 3. The maximum absolute atomic E-state index is 12.0. The van der Waals surface area contributed by atoms with Crippen LogP contribution in [0.4, 0.5) is 13.2 Å². The summed E-state index contributed by atoms with van der Waals surface area (Å²) in [7, 11) is 0. The molecule has 0 spiro atoms. The molecule has 1 aromatic carbocycles. The number of isocyanates is 1. The van der Waals surface area contributed by atoms with E-state index in [9.17, 15) is 18.0 Å². The summed E-state index contributed by atoms with van der Waals surface area (Å²) in [4.78, 5) is 13.4. The molecular weight excluding hydrogens is 223 g/mol. The number of rotatable bonds is 3. The molecule has 0 saturated heterocycles. The average molecular weight is 231 g/mol. The number of aliphatic imine (C=N–C) groups is 1. The van der Waals surface area contributed by atoms with Gasteiger partial charge < -0.3 is 4.74 Å². The van der Waals surface area contributed by atoms with Gasteiger partial charge in [-0.2, -0.15) is 4.99 Å². The van der Waals surface area contributed by atoms with Gasteiger partial charge >= 0.3 is 6.36 Å². The van der Waals surface area contributed by atoms with Crippen LogP contribution in [0.2, 0.25) is 0 Å². The Kier molecular flexibility index (Phi) is 3.68. The summed E-state index contributed by atoms with van der Waals surface area (Å²) in [5, 5.41) is 0. The highest BCUT2D eigenvalue weighted by molar-refractivity contribution is 5.40. The molecule has 1 rings (SSSR count). The SMILES string of the molecule is CC(N=C=O)c1ccccc1OC(F)(F)F. The lowest BCUT2D eigenvalue weighted by atomic mass is 10.1.